The van der Waals surface area contributed by atoms with Crippen LogP contribution in [0.3, 0.4) is 0 Å². The Morgan fingerprint density at radius 1 is 1.12 bits per heavy atom. The Hall–Kier alpha value is -2.69. The molecule has 4 rings (SSSR count). The summed E-state index contributed by atoms with van der Waals surface area (Å²) < 4.78 is 34.5. The van der Waals surface area contributed by atoms with Crippen molar-refractivity contribution in [2.24, 2.45) is 7.05 Å². The molecule has 1 fully saturated rings. The molecule has 0 aliphatic carbocycles. The third-order valence-electron chi connectivity index (χ3n) is 5.64. The van der Waals surface area contributed by atoms with Gasteiger partial charge in [0.25, 0.3) is 15.9 Å². The van der Waals surface area contributed by atoms with E-state index >= 15 is 0 Å². The molecule has 11 heteroatoms. The number of benzene rings is 1. The number of amides is 1. The van der Waals surface area contributed by atoms with Gasteiger partial charge in [-0.3, -0.25) is 4.79 Å². The fourth-order valence-electron chi connectivity index (χ4n) is 3.74. The lowest BCUT2D eigenvalue weighted by Crippen LogP contribution is -2.37. The van der Waals surface area contributed by atoms with Crippen molar-refractivity contribution >= 4 is 27.5 Å². The maximum Gasteiger partial charge on any atom is 0.262 e. The van der Waals surface area contributed by atoms with Crippen LogP contribution in [0.4, 0.5) is 0 Å². The number of aryl methyl sites for hydroxylation is 3. The maximum absolute atomic E-state index is 13.4. The summed E-state index contributed by atoms with van der Waals surface area (Å²) in [5, 5.41) is 4.55. The summed E-state index contributed by atoms with van der Waals surface area (Å²) in [6.07, 6.45) is 2.01. The van der Waals surface area contributed by atoms with E-state index in [-0.39, 0.29) is 24.0 Å². The molecule has 0 saturated carbocycles. The van der Waals surface area contributed by atoms with Gasteiger partial charge in [0, 0.05) is 45.0 Å². The van der Waals surface area contributed by atoms with Crippen molar-refractivity contribution in [2.45, 2.75) is 25.3 Å². The molecule has 1 amide bonds. The molecule has 0 atom stereocenters. The number of nitrogens with zero attached hydrogens (tertiary/aromatic N) is 5. The first-order valence-corrected chi connectivity index (χ1v) is 12.0. The zero-order valence-corrected chi connectivity index (χ0v) is 19.6. The lowest BCUT2D eigenvalue weighted by atomic mass is 10.0. The Morgan fingerprint density at radius 2 is 1.88 bits per heavy atom. The predicted octanol–water partition coefficient (Wildman–Crippen LogP) is 2.88. The topological polar surface area (TPSA) is 102 Å². The first kappa shape index (κ1) is 22.5. The zero-order chi connectivity index (χ0) is 23.0. The fraction of sp³-hybridized carbons (Fsp3) is 0.381. The van der Waals surface area contributed by atoms with Crippen LogP contribution in [0.5, 0.6) is 0 Å². The second kappa shape index (κ2) is 8.68. The Balaban J connectivity index is 1.57. The second-order valence-electron chi connectivity index (χ2n) is 7.73. The van der Waals surface area contributed by atoms with E-state index in [0.717, 1.165) is 0 Å². The number of sulfonamides is 1. The summed E-state index contributed by atoms with van der Waals surface area (Å²) in [5.74, 6) is 0.749. The van der Waals surface area contributed by atoms with Gasteiger partial charge in [0.1, 0.15) is 22.8 Å². The van der Waals surface area contributed by atoms with Gasteiger partial charge in [0.05, 0.1) is 5.02 Å². The highest BCUT2D eigenvalue weighted by Crippen LogP contribution is 2.32. The first-order chi connectivity index (χ1) is 15.2. The molecule has 9 nitrogen and oxygen atoms in total. The van der Waals surface area contributed by atoms with Crippen molar-refractivity contribution in [2.75, 3.05) is 26.2 Å². The lowest BCUT2D eigenvalue weighted by molar-refractivity contribution is 0.0763. The van der Waals surface area contributed by atoms with Crippen LogP contribution in [0.25, 0.3) is 11.3 Å². The van der Waals surface area contributed by atoms with Gasteiger partial charge in [-0.1, -0.05) is 35.0 Å². The van der Waals surface area contributed by atoms with Crippen LogP contribution in [-0.4, -0.2) is 64.4 Å². The third kappa shape index (κ3) is 4.05. The lowest BCUT2D eigenvalue weighted by Gasteiger charge is -2.21. The van der Waals surface area contributed by atoms with E-state index in [2.05, 4.69) is 10.1 Å². The van der Waals surface area contributed by atoms with Crippen molar-refractivity contribution in [3.8, 4) is 11.3 Å². The van der Waals surface area contributed by atoms with Crippen molar-refractivity contribution in [1.29, 1.82) is 0 Å². The largest absolute Gasteiger partial charge is 0.360 e. The predicted molar refractivity (Wildman–Crippen MR) is 119 cm³/mol. The number of aromatic nitrogens is 3. The van der Waals surface area contributed by atoms with E-state index in [1.54, 1.807) is 48.6 Å². The Kier molecular flexibility index (Phi) is 6.11. The fourth-order valence-corrected chi connectivity index (χ4v) is 5.46. The van der Waals surface area contributed by atoms with Crippen LogP contribution in [0, 0.1) is 13.8 Å². The quantitative estimate of drug-likeness (QED) is 0.572. The molecule has 3 heterocycles. The number of imidazole rings is 1. The van der Waals surface area contributed by atoms with Crippen LogP contribution < -0.4 is 0 Å². The van der Waals surface area contributed by atoms with Gasteiger partial charge < -0.3 is 14.0 Å². The molecule has 1 aliphatic heterocycles. The molecule has 0 unspecified atom stereocenters. The van der Waals surface area contributed by atoms with Gasteiger partial charge in [0.15, 0.2) is 5.03 Å². The molecule has 1 aliphatic rings. The highest BCUT2D eigenvalue weighted by Gasteiger charge is 2.32. The van der Waals surface area contributed by atoms with E-state index in [1.807, 2.05) is 6.07 Å². The molecule has 0 bridgehead atoms. The van der Waals surface area contributed by atoms with Gasteiger partial charge in [-0.15, -0.1) is 0 Å². The van der Waals surface area contributed by atoms with Crippen LogP contribution in [0.1, 0.15) is 28.4 Å². The van der Waals surface area contributed by atoms with Crippen molar-refractivity contribution < 1.29 is 17.7 Å². The number of hydrogen-bond donors (Lipinski definition) is 0. The molecule has 0 spiro atoms. The van der Waals surface area contributed by atoms with Crippen LogP contribution in [0.2, 0.25) is 5.02 Å². The van der Waals surface area contributed by atoms with Gasteiger partial charge in [0.2, 0.25) is 0 Å². The Labute approximate surface area is 191 Å². The van der Waals surface area contributed by atoms with Crippen LogP contribution in [-0.2, 0) is 17.1 Å². The van der Waals surface area contributed by atoms with E-state index in [4.69, 9.17) is 16.1 Å². The molecule has 0 N–H and O–H groups in total. The highest BCUT2D eigenvalue weighted by molar-refractivity contribution is 7.89. The standard InChI is InChI=1S/C21H24ClN5O4S/c1-14-19(20(24-31-14)16-7-4-5-8-17(16)22)21(28)26-9-6-10-27(12-11-26)32(29,30)18-13-25(3)15(2)23-18/h4-5,7-8,13H,6,9-12H2,1-3H3. The molecule has 0 radical (unpaired) electrons. The normalized spacial score (nSPS) is 15.7. The van der Waals surface area contributed by atoms with Gasteiger partial charge in [-0.2, -0.15) is 4.31 Å². The van der Waals surface area contributed by atoms with Crippen molar-refractivity contribution in [1.82, 2.24) is 23.9 Å². The summed E-state index contributed by atoms with van der Waals surface area (Å²) in [4.78, 5) is 19.2. The number of rotatable bonds is 4. The SMILES string of the molecule is Cc1onc(-c2ccccc2Cl)c1C(=O)N1CCCN(S(=O)(=O)c2cn(C)c(C)n2)CC1. The average molecular weight is 478 g/mol. The van der Waals surface area contributed by atoms with E-state index in [0.29, 0.717) is 52.9 Å². The van der Waals surface area contributed by atoms with Crippen molar-refractivity contribution in [3.63, 3.8) is 0 Å². The molecule has 1 aromatic carbocycles. The number of carbonyl (C=O) groups is 1. The minimum atomic E-state index is -3.74. The molecule has 2 aromatic heterocycles. The van der Waals surface area contributed by atoms with E-state index in [1.165, 1.54) is 10.5 Å². The molecule has 1 saturated heterocycles. The molecular weight excluding hydrogens is 454 g/mol. The summed E-state index contributed by atoms with van der Waals surface area (Å²) >= 11 is 6.31. The second-order valence-corrected chi connectivity index (χ2v) is 10.0. The van der Waals surface area contributed by atoms with E-state index < -0.39 is 10.0 Å². The number of carbonyl (C=O) groups excluding carboxylic acids is 1. The Bertz CT molecular complexity index is 1250. The number of hydrogen-bond acceptors (Lipinski definition) is 6. The summed E-state index contributed by atoms with van der Waals surface area (Å²) in [6.45, 7) is 4.57. The van der Waals surface area contributed by atoms with Gasteiger partial charge in [-0.05, 0) is 26.3 Å². The molecule has 32 heavy (non-hydrogen) atoms. The van der Waals surface area contributed by atoms with Crippen LogP contribution in [0.15, 0.2) is 40.0 Å². The van der Waals surface area contributed by atoms with Crippen molar-refractivity contribution in [3.05, 3.63) is 52.6 Å². The monoisotopic (exact) mass is 477 g/mol. The third-order valence-corrected chi connectivity index (χ3v) is 7.74. The van der Waals surface area contributed by atoms with Gasteiger partial charge >= 0.3 is 0 Å². The summed E-state index contributed by atoms with van der Waals surface area (Å²) in [7, 11) is -1.99. The average Bonchev–Trinajstić information content (AvgIpc) is 3.18. The van der Waals surface area contributed by atoms with E-state index in [9.17, 15) is 13.2 Å². The highest BCUT2D eigenvalue weighted by atomic mass is 35.5. The van der Waals surface area contributed by atoms with Gasteiger partial charge in [-0.25, -0.2) is 13.4 Å². The Morgan fingerprint density at radius 3 is 2.56 bits per heavy atom. The molecular formula is C21H24ClN5O4S. The minimum Gasteiger partial charge on any atom is -0.360 e. The zero-order valence-electron chi connectivity index (χ0n) is 18.1. The maximum atomic E-state index is 13.4. The first-order valence-electron chi connectivity index (χ1n) is 10.2. The molecule has 3 aromatic rings. The van der Waals surface area contributed by atoms with Crippen LogP contribution >= 0.6 is 11.6 Å². The number of halogens is 1. The summed E-state index contributed by atoms with van der Waals surface area (Å²) in [6, 6.07) is 7.12. The minimum absolute atomic E-state index is 0.0214. The smallest absolute Gasteiger partial charge is 0.262 e. The molecule has 170 valence electrons. The summed E-state index contributed by atoms with van der Waals surface area (Å²) in [5.41, 5.74) is 1.34.